The molecule has 0 bridgehead atoms. The summed E-state index contributed by atoms with van der Waals surface area (Å²) < 4.78 is 7.06. The van der Waals surface area contributed by atoms with Crippen LogP contribution in [-0.2, 0) is 0 Å². The van der Waals surface area contributed by atoms with E-state index >= 15 is 0 Å². The molecule has 0 radical (unpaired) electrons. The lowest BCUT2D eigenvalue weighted by atomic mass is 10.0. The number of fused-ring (bicyclic) bond motifs is 1. The Morgan fingerprint density at radius 1 is 1.00 bits per heavy atom. The van der Waals surface area contributed by atoms with Crippen LogP contribution in [0.5, 0.6) is 5.75 Å². The molecule has 4 aromatic rings. The summed E-state index contributed by atoms with van der Waals surface area (Å²) in [6, 6.07) is 21.9. The van der Waals surface area contributed by atoms with Crippen molar-refractivity contribution in [2.45, 2.75) is 0 Å². The maximum Gasteiger partial charge on any atom is 0.119 e. The minimum atomic E-state index is 0.740. The second-order valence-electron chi connectivity index (χ2n) is 5.89. The van der Waals surface area contributed by atoms with Crippen molar-refractivity contribution in [2.24, 2.45) is 5.16 Å². The van der Waals surface area contributed by atoms with Gasteiger partial charge < -0.3 is 9.94 Å². The lowest BCUT2D eigenvalue weighted by molar-refractivity contribution is 0.322. The number of benzene rings is 3. The summed E-state index contributed by atoms with van der Waals surface area (Å²) >= 11 is 0. The summed E-state index contributed by atoms with van der Waals surface area (Å²) in [5.74, 6) is 0.826. The Bertz CT molecular complexity index is 1090. The van der Waals surface area contributed by atoms with E-state index in [1.54, 1.807) is 11.8 Å². The van der Waals surface area contributed by atoms with Crippen LogP contribution >= 0.6 is 0 Å². The van der Waals surface area contributed by atoms with Crippen LogP contribution in [0.2, 0.25) is 0 Å². The van der Waals surface area contributed by atoms with Crippen LogP contribution in [0, 0.1) is 0 Å². The monoisotopic (exact) mass is 343 g/mol. The Kier molecular flexibility index (Phi) is 4.11. The first kappa shape index (κ1) is 15.9. The van der Waals surface area contributed by atoms with E-state index < -0.39 is 0 Å². The van der Waals surface area contributed by atoms with Gasteiger partial charge >= 0.3 is 0 Å². The minimum absolute atomic E-state index is 0.740. The second-order valence-corrected chi connectivity index (χ2v) is 5.89. The molecule has 128 valence electrons. The van der Waals surface area contributed by atoms with E-state index in [-0.39, 0.29) is 0 Å². The number of rotatable bonds is 4. The number of para-hydroxylation sites is 1. The van der Waals surface area contributed by atoms with Crippen LogP contribution in [0.4, 0.5) is 0 Å². The van der Waals surface area contributed by atoms with E-state index in [2.05, 4.69) is 11.2 Å². The van der Waals surface area contributed by atoms with Gasteiger partial charge in [0.1, 0.15) is 11.4 Å². The number of aromatic nitrogens is 2. The highest BCUT2D eigenvalue weighted by atomic mass is 16.5. The van der Waals surface area contributed by atoms with E-state index in [0.29, 0.717) is 0 Å². The zero-order valence-corrected chi connectivity index (χ0v) is 14.2. The van der Waals surface area contributed by atoms with E-state index in [4.69, 9.17) is 15.0 Å². The first-order valence-electron chi connectivity index (χ1n) is 8.19. The van der Waals surface area contributed by atoms with Crippen molar-refractivity contribution in [1.29, 1.82) is 0 Å². The summed E-state index contributed by atoms with van der Waals surface area (Å²) in [5.41, 5.74) is 3.39. The zero-order chi connectivity index (χ0) is 17.9. The fraction of sp³-hybridized carbons (Fsp3) is 0.0476. The van der Waals surface area contributed by atoms with Crippen molar-refractivity contribution in [3.05, 3.63) is 78.5 Å². The van der Waals surface area contributed by atoms with Crippen molar-refractivity contribution in [2.75, 3.05) is 7.11 Å². The summed E-state index contributed by atoms with van der Waals surface area (Å²) in [5, 5.41) is 19.1. The summed E-state index contributed by atoms with van der Waals surface area (Å²) in [6.45, 7) is 0. The highest BCUT2D eigenvalue weighted by Crippen LogP contribution is 2.28. The van der Waals surface area contributed by atoms with Crippen molar-refractivity contribution in [1.82, 2.24) is 9.78 Å². The molecule has 0 atom stereocenters. The highest BCUT2D eigenvalue weighted by Gasteiger charge is 2.12. The van der Waals surface area contributed by atoms with Crippen LogP contribution < -0.4 is 4.74 Å². The largest absolute Gasteiger partial charge is 0.497 e. The van der Waals surface area contributed by atoms with Gasteiger partial charge in [0.15, 0.2) is 0 Å². The molecule has 5 heteroatoms. The molecule has 1 aromatic heterocycles. The van der Waals surface area contributed by atoms with Crippen LogP contribution in [0.15, 0.2) is 78.1 Å². The molecule has 0 spiro atoms. The molecule has 0 saturated carbocycles. The van der Waals surface area contributed by atoms with Crippen molar-refractivity contribution in [3.63, 3.8) is 0 Å². The van der Waals surface area contributed by atoms with Crippen molar-refractivity contribution >= 4 is 17.0 Å². The third kappa shape index (κ3) is 2.91. The first-order valence-corrected chi connectivity index (χ1v) is 8.19. The normalized spacial score (nSPS) is 11.3. The Hall–Kier alpha value is -3.60. The van der Waals surface area contributed by atoms with Gasteiger partial charge in [-0.3, -0.25) is 0 Å². The summed E-state index contributed by atoms with van der Waals surface area (Å²) in [7, 11) is 1.66. The third-order valence-corrected chi connectivity index (χ3v) is 4.28. The number of hydrogen-bond donors (Lipinski definition) is 1. The average Bonchev–Trinajstić information content (AvgIpc) is 3.12. The van der Waals surface area contributed by atoms with Gasteiger partial charge in [0.05, 0.1) is 19.0 Å². The SMILES string of the molecule is COc1ccc2cc(-c3nn(-c4ccccc4)cc3C=NO)ccc2c1. The fourth-order valence-electron chi connectivity index (χ4n) is 2.98. The zero-order valence-electron chi connectivity index (χ0n) is 14.2. The number of hydrogen-bond acceptors (Lipinski definition) is 4. The molecule has 0 fully saturated rings. The lowest BCUT2D eigenvalue weighted by Gasteiger charge is -2.05. The summed E-state index contributed by atoms with van der Waals surface area (Å²) in [4.78, 5) is 0. The van der Waals surface area contributed by atoms with Gasteiger partial charge in [-0.05, 0) is 41.1 Å². The van der Waals surface area contributed by atoms with Crippen molar-refractivity contribution < 1.29 is 9.94 Å². The van der Waals surface area contributed by atoms with Gasteiger partial charge in [-0.25, -0.2) is 4.68 Å². The van der Waals surface area contributed by atoms with Crippen LogP contribution in [-0.4, -0.2) is 28.3 Å². The Morgan fingerprint density at radius 3 is 2.54 bits per heavy atom. The molecule has 4 rings (SSSR count). The summed E-state index contributed by atoms with van der Waals surface area (Å²) in [6.07, 6.45) is 3.25. The molecule has 3 aromatic carbocycles. The molecule has 0 aliphatic carbocycles. The van der Waals surface area contributed by atoms with Crippen LogP contribution in [0.1, 0.15) is 5.56 Å². The molecular weight excluding hydrogens is 326 g/mol. The Balaban J connectivity index is 1.83. The predicted octanol–water partition coefficient (Wildman–Crippen LogP) is 4.51. The molecule has 0 aliphatic heterocycles. The van der Waals surface area contributed by atoms with E-state index in [1.807, 2.05) is 66.9 Å². The first-order chi connectivity index (χ1) is 12.8. The molecule has 1 heterocycles. The van der Waals surface area contributed by atoms with Gasteiger partial charge in [-0.15, -0.1) is 0 Å². The number of nitrogens with zero attached hydrogens (tertiary/aromatic N) is 3. The van der Waals surface area contributed by atoms with Gasteiger partial charge in [0.2, 0.25) is 0 Å². The maximum atomic E-state index is 9.02. The molecule has 1 N–H and O–H groups in total. The van der Waals surface area contributed by atoms with E-state index in [1.165, 1.54) is 6.21 Å². The van der Waals surface area contributed by atoms with Crippen molar-refractivity contribution in [3.8, 4) is 22.7 Å². The van der Waals surface area contributed by atoms with E-state index in [9.17, 15) is 0 Å². The molecule has 0 amide bonds. The standard InChI is InChI=1S/C21H17N3O2/c1-26-20-10-9-15-11-17(8-7-16(15)12-20)21-18(13-22-25)14-24(23-21)19-5-3-2-4-6-19/h2-14,25H,1H3. The molecule has 0 aliphatic rings. The van der Waals surface area contributed by atoms with Gasteiger partial charge in [-0.1, -0.05) is 41.6 Å². The number of ether oxygens (including phenoxy) is 1. The maximum absolute atomic E-state index is 9.02. The smallest absolute Gasteiger partial charge is 0.119 e. The quantitative estimate of drug-likeness (QED) is 0.337. The van der Waals surface area contributed by atoms with Crippen LogP contribution in [0.3, 0.4) is 0 Å². The van der Waals surface area contributed by atoms with Gasteiger partial charge in [-0.2, -0.15) is 5.10 Å². The topological polar surface area (TPSA) is 59.6 Å². The molecule has 0 saturated heterocycles. The molecule has 0 unspecified atom stereocenters. The number of oxime groups is 1. The Morgan fingerprint density at radius 2 is 1.77 bits per heavy atom. The highest BCUT2D eigenvalue weighted by molar-refractivity contribution is 5.93. The molecule has 5 nitrogen and oxygen atoms in total. The van der Waals surface area contributed by atoms with Gasteiger partial charge in [0.25, 0.3) is 0 Å². The number of methoxy groups -OCH3 is 1. The minimum Gasteiger partial charge on any atom is -0.497 e. The second kappa shape index (κ2) is 6.72. The lowest BCUT2D eigenvalue weighted by Crippen LogP contribution is -1.94. The van der Waals surface area contributed by atoms with Crippen LogP contribution in [0.25, 0.3) is 27.7 Å². The van der Waals surface area contributed by atoms with E-state index in [0.717, 1.165) is 39.0 Å². The Labute approximate surface area is 150 Å². The predicted molar refractivity (Wildman–Crippen MR) is 102 cm³/mol. The third-order valence-electron chi connectivity index (χ3n) is 4.28. The fourth-order valence-corrected chi connectivity index (χ4v) is 2.98. The van der Waals surface area contributed by atoms with Gasteiger partial charge in [0, 0.05) is 17.3 Å². The molecular formula is C21H17N3O2. The average molecular weight is 343 g/mol. The molecule has 26 heavy (non-hydrogen) atoms.